The molecule has 0 fully saturated rings. The normalized spacial score (nSPS) is 10.6. The van der Waals surface area contributed by atoms with Crippen molar-refractivity contribution in [2.75, 3.05) is 21.3 Å². The summed E-state index contributed by atoms with van der Waals surface area (Å²) in [5.74, 6) is 2.88. The van der Waals surface area contributed by atoms with Crippen molar-refractivity contribution in [1.82, 2.24) is 14.8 Å². The van der Waals surface area contributed by atoms with Gasteiger partial charge >= 0.3 is 0 Å². The molecule has 0 unspecified atom stereocenters. The van der Waals surface area contributed by atoms with Gasteiger partial charge in [-0.05, 0) is 12.1 Å². The molecule has 0 spiro atoms. The third kappa shape index (κ3) is 2.71. The van der Waals surface area contributed by atoms with Crippen molar-refractivity contribution in [1.29, 1.82) is 0 Å². The highest BCUT2D eigenvalue weighted by Crippen LogP contribution is 2.29. The number of hydrogen-bond acceptors (Lipinski definition) is 5. The highest BCUT2D eigenvalue weighted by atomic mass is 35.5. The molecular formula is C13H16ClN3O3. The monoisotopic (exact) mass is 297 g/mol. The lowest BCUT2D eigenvalue weighted by Crippen LogP contribution is -2.07. The van der Waals surface area contributed by atoms with Crippen molar-refractivity contribution >= 4 is 11.6 Å². The number of benzene rings is 1. The molecule has 0 atom stereocenters. The second kappa shape index (κ2) is 6.58. The lowest BCUT2D eigenvalue weighted by atomic mass is 10.2. The maximum Gasteiger partial charge on any atom is 0.163 e. The second-order valence-electron chi connectivity index (χ2n) is 3.97. The molecular weight excluding hydrogens is 282 g/mol. The van der Waals surface area contributed by atoms with Gasteiger partial charge in [0.15, 0.2) is 11.6 Å². The quantitative estimate of drug-likeness (QED) is 0.765. The van der Waals surface area contributed by atoms with E-state index in [-0.39, 0.29) is 5.88 Å². The maximum absolute atomic E-state index is 5.93. The molecule has 1 aromatic carbocycles. The molecule has 0 bridgehead atoms. The maximum atomic E-state index is 5.93. The van der Waals surface area contributed by atoms with Crippen LogP contribution in [-0.4, -0.2) is 36.1 Å². The fourth-order valence-corrected chi connectivity index (χ4v) is 2.09. The summed E-state index contributed by atoms with van der Waals surface area (Å²) in [5, 5.41) is 8.16. The molecule has 0 saturated carbocycles. The molecule has 0 radical (unpaired) electrons. The van der Waals surface area contributed by atoms with E-state index >= 15 is 0 Å². The molecule has 0 aliphatic rings. The van der Waals surface area contributed by atoms with Gasteiger partial charge in [-0.15, -0.1) is 21.8 Å². The van der Waals surface area contributed by atoms with E-state index in [0.717, 1.165) is 5.69 Å². The topological polar surface area (TPSA) is 58.4 Å². The van der Waals surface area contributed by atoms with E-state index < -0.39 is 0 Å². The predicted molar refractivity (Wildman–Crippen MR) is 74.7 cm³/mol. The number of halogens is 1. The first-order chi connectivity index (χ1) is 9.74. The lowest BCUT2D eigenvalue weighted by Gasteiger charge is -2.14. The highest BCUT2D eigenvalue weighted by Gasteiger charge is 2.17. The summed E-state index contributed by atoms with van der Waals surface area (Å²) < 4.78 is 17.6. The van der Waals surface area contributed by atoms with Crippen molar-refractivity contribution in [2.24, 2.45) is 0 Å². The van der Waals surface area contributed by atoms with Gasteiger partial charge < -0.3 is 14.2 Å². The Hall–Kier alpha value is -1.79. The van der Waals surface area contributed by atoms with Crippen LogP contribution in [0, 0.1) is 0 Å². The van der Waals surface area contributed by atoms with Crippen LogP contribution in [0.15, 0.2) is 18.2 Å². The molecule has 1 aromatic heterocycles. The number of rotatable bonds is 6. The van der Waals surface area contributed by atoms with E-state index in [0.29, 0.717) is 29.8 Å². The Morgan fingerprint density at radius 3 is 2.45 bits per heavy atom. The summed E-state index contributed by atoms with van der Waals surface area (Å²) in [7, 11) is 4.81. The Labute approximate surface area is 122 Å². The number of aromatic nitrogens is 3. The molecule has 0 saturated heterocycles. The molecule has 0 aliphatic carbocycles. The van der Waals surface area contributed by atoms with Gasteiger partial charge in [-0.3, -0.25) is 4.57 Å². The van der Waals surface area contributed by atoms with Crippen molar-refractivity contribution in [3.8, 4) is 17.2 Å². The minimum Gasteiger partial charge on any atom is -0.497 e. The molecule has 7 heteroatoms. The van der Waals surface area contributed by atoms with Gasteiger partial charge in [-0.25, -0.2) is 0 Å². The van der Waals surface area contributed by atoms with Gasteiger partial charge in [0.05, 0.1) is 25.8 Å². The van der Waals surface area contributed by atoms with Crippen LogP contribution < -0.4 is 9.47 Å². The zero-order valence-electron chi connectivity index (χ0n) is 11.6. The smallest absolute Gasteiger partial charge is 0.163 e. The van der Waals surface area contributed by atoms with Crippen LogP contribution in [0.3, 0.4) is 0 Å². The zero-order valence-corrected chi connectivity index (χ0v) is 12.3. The van der Waals surface area contributed by atoms with E-state index in [4.69, 9.17) is 25.8 Å². The van der Waals surface area contributed by atoms with Crippen LogP contribution in [0.25, 0.3) is 5.69 Å². The number of methoxy groups -OCH3 is 3. The average molecular weight is 298 g/mol. The van der Waals surface area contributed by atoms with Gasteiger partial charge in [0.25, 0.3) is 0 Å². The minimum absolute atomic E-state index is 0.233. The zero-order chi connectivity index (χ0) is 14.5. The van der Waals surface area contributed by atoms with Crippen LogP contribution >= 0.6 is 11.6 Å². The van der Waals surface area contributed by atoms with Crippen molar-refractivity contribution in [3.05, 3.63) is 29.8 Å². The van der Waals surface area contributed by atoms with Crippen LogP contribution in [-0.2, 0) is 17.2 Å². The van der Waals surface area contributed by atoms with E-state index in [9.17, 15) is 0 Å². The first-order valence-corrected chi connectivity index (χ1v) is 6.49. The second-order valence-corrected chi connectivity index (χ2v) is 4.24. The lowest BCUT2D eigenvalue weighted by molar-refractivity contribution is 0.176. The van der Waals surface area contributed by atoms with E-state index in [1.165, 1.54) is 0 Å². The average Bonchev–Trinajstić information content (AvgIpc) is 2.89. The van der Waals surface area contributed by atoms with Crippen molar-refractivity contribution < 1.29 is 14.2 Å². The summed E-state index contributed by atoms with van der Waals surface area (Å²) in [4.78, 5) is 0. The number of alkyl halides is 1. The Kier molecular flexibility index (Phi) is 4.81. The Balaban J connectivity index is 2.61. The molecule has 2 rings (SSSR count). The summed E-state index contributed by atoms with van der Waals surface area (Å²) >= 11 is 5.93. The first kappa shape index (κ1) is 14.6. The van der Waals surface area contributed by atoms with Gasteiger partial charge in [0.1, 0.15) is 18.1 Å². The molecule has 20 heavy (non-hydrogen) atoms. The van der Waals surface area contributed by atoms with Crippen LogP contribution in [0.5, 0.6) is 11.5 Å². The molecule has 0 aliphatic heterocycles. The van der Waals surface area contributed by atoms with Gasteiger partial charge in [0, 0.05) is 13.2 Å². The van der Waals surface area contributed by atoms with Crippen LogP contribution in [0.2, 0.25) is 0 Å². The summed E-state index contributed by atoms with van der Waals surface area (Å²) in [5.41, 5.74) is 0.763. The highest BCUT2D eigenvalue weighted by molar-refractivity contribution is 6.16. The summed E-state index contributed by atoms with van der Waals surface area (Å²) in [6, 6.07) is 5.49. The summed E-state index contributed by atoms with van der Waals surface area (Å²) in [6.07, 6.45) is 0. The predicted octanol–water partition coefficient (Wildman–Crippen LogP) is 2.17. The van der Waals surface area contributed by atoms with E-state index in [2.05, 4.69) is 10.2 Å². The Morgan fingerprint density at radius 1 is 1.10 bits per heavy atom. The number of nitrogens with zero attached hydrogens (tertiary/aromatic N) is 3. The minimum atomic E-state index is 0.233. The van der Waals surface area contributed by atoms with Crippen LogP contribution in [0.4, 0.5) is 0 Å². The third-order valence-electron chi connectivity index (χ3n) is 2.82. The van der Waals surface area contributed by atoms with Gasteiger partial charge in [-0.2, -0.15) is 0 Å². The fraction of sp³-hybridized carbons (Fsp3) is 0.385. The Morgan fingerprint density at radius 2 is 1.85 bits per heavy atom. The van der Waals surface area contributed by atoms with Crippen molar-refractivity contribution in [2.45, 2.75) is 12.5 Å². The fourth-order valence-electron chi connectivity index (χ4n) is 1.91. The molecule has 1 heterocycles. The number of hydrogen-bond donors (Lipinski definition) is 0. The standard InChI is InChI=1S/C13H16ClN3O3/c1-18-8-13-16-15-12(7-14)17(13)10-6-9(19-2)4-5-11(10)20-3/h4-6H,7-8H2,1-3H3. The van der Waals surface area contributed by atoms with Gasteiger partial charge in [0.2, 0.25) is 0 Å². The third-order valence-corrected chi connectivity index (χ3v) is 3.06. The molecule has 0 amide bonds. The largest absolute Gasteiger partial charge is 0.497 e. The van der Waals surface area contributed by atoms with E-state index in [1.54, 1.807) is 21.3 Å². The first-order valence-electron chi connectivity index (χ1n) is 5.95. The molecule has 6 nitrogen and oxygen atoms in total. The SMILES string of the molecule is COCc1nnc(CCl)n1-c1cc(OC)ccc1OC. The molecule has 2 aromatic rings. The Bertz CT molecular complexity index is 586. The van der Waals surface area contributed by atoms with Gasteiger partial charge in [-0.1, -0.05) is 0 Å². The van der Waals surface area contributed by atoms with Crippen LogP contribution in [0.1, 0.15) is 11.6 Å². The van der Waals surface area contributed by atoms with Crippen molar-refractivity contribution in [3.63, 3.8) is 0 Å². The molecule has 108 valence electrons. The summed E-state index contributed by atoms with van der Waals surface area (Å²) in [6.45, 7) is 0.324. The van der Waals surface area contributed by atoms with E-state index in [1.807, 2.05) is 22.8 Å². The molecule has 0 N–H and O–H groups in total. The number of ether oxygens (including phenoxy) is 3.